The summed E-state index contributed by atoms with van der Waals surface area (Å²) in [6.45, 7) is 10.7. The van der Waals surface area contributed by atoms with E-state index in [9.17, 15) is 0 Å². The first-order valence-electron chi connectivity index (χ1n) is 9.38. The lowest BCUT2D eigenvalue weighted by Gasteiger charge is -2.48. The van der Waals surface area contributed by atoms with Gasteiger partial charge in [-0.25, -0.2) is 0 Å². The molecule has 0 saturated heterocycles. The Balaban J connectivity index is 2.05. The van der Waals surface area contributed by atoms with Gasteiger partial charge in [0, 0.05) is 18.1 Å². The van der Waals surface area contributed by atoms with Crippen LogP contribution in [0.25, 0.3) is 0 Å². The van der Waals surface area contributed by atoms with Crippen LogP contribution in [0.3, 0.4) is 0 Å². The van der Waals surface area contributed by atoms with Gasteiger partial charge in [0.2, 0.25) is 0 Å². The topological polar surface area (TPSA) is 15.3 Å². The number of nitrogens with one attached hydrogen (secondary N) is 1. The molecule has 0 amide bonds. The maximum absolute atomic E-state index is 3.78. The Labute approximate surface area is 133 Å². The Morgan fingerprint density at radius 1 is 1.00 bits per heavy atom. The van der Waals surface area contributed by atoms with Gasteiger partial charge < -0.3 is 5.32 Å². The van der Waals surface area contributed by atoms with Crippen LogP contribution in [0.5, 0.6) is 0 Å². The summed E-state index contributed by atoms with van der Waals surface area (Å²) in [5, 5.41) is 3.78. The minimum Gasteiger partial charge on any atom is -0.313 e. The molecule has 2 rings (SSSR count). The number of hydrogen-bond acceptors (Lipinski definition) is 2. The third kappa shape index (κ3) is 4.45. The number of rotatable bonds is 4. The molecule has 2 aliphatic carbocycles. The van der Waals surface area contributed by atoms with Gasteiger partial charge in [-0.1, -0.05) is 47.0 Å². The summed E-state index contributed by atoms with van der Waals surface area (Å²) < 4.78 is 0. The Bertz CT molecular complexity index is 301. The fraction of sp³-hybridized carbons (Fsp3) is 1.00. The van der Waals surface area contributed by atoms with E-state index < -0.39 is 0 Å². The van der Waals surface area contributed by atoms with Crippen LogP contribution in [0.15, 0.2) is 0 Å². The highest BCUT2D eigenvalue weighted by atomic mass is 15.2. The molecule has 1 N–H and O–H groups in total. The molecular formula is C19H38N2. The molecule has 21 heavy (non-hydrogen) atoms. The summed E-state index contributed by atoms with van der Waals surface area (Å²) in [7, 11) is 2.41. The fourth-order valence-corrected chi connectivity index (χ4v) is 4.64. The van der Waals surface area contributed by atoms with E-state index in [2.05, 4.69) is 45.0 Å². The quantitative estimate of drug-likeness (QED) is 0.824. The highest BCUT2D eigenvalue weighted by molar-refractivity contribution is 4.95. The molecule has 0 aliphatic heterocycles. The van der Waals surface area contributed by atoms with E-state index in [1.54, 1.807) is 0 Å². The molecule has 2 heteroatoms. The first kappa shape index (κ1) is 17.3. The van der Waals surface area contributed by atoms with Crippen molar-refractivity contribution in [2.75, 3.05) is 13.6 Å². The van der Waals surface area contributed by atoms with Crippen molar-refractivity contribution in [3.05, 3.63) is 0 Å². The summed E-state index contributed by atoms with van der Waals surface area (Å²) in [5.74, 6) is 0.878. The molecule has 0 bridgehead atoms. The molecule has 0 spiro atoms. The maximum atomic E-state index is 3.78. The smallest absolute Gasteiger partial charge is 0.0252 e. The maximum Gasteiger partial charge on any atom is 0.0252 e. The van der Waals surface area contributed by atoms with Crippen molar-refractivity contribution in [2.24, 2.45) is 11.3 Å². The van der Waals surface area contributed by atoms with Crippen LogP contribution in [-0.2, 0) is 0 Å². The molecule has 3 atom stereocenters. The number of hydrogen-bond donors (Lipinski definition) is 1. The zero-order chi connectivity index (χ0) is 15.5. The zero-order valence-electron chi connectivity index (χ0n) is 15.1. The van der Waals surface area contributed by atoms with Gasteiger partial charge in [0.15, 0.2) is 0 Å². The average molecular weight is 295 g/mol. The SMILES string of the molecule is CCNC1CCC(C(C)(C)C)CC1N(C)C1CCCCC1. The molecule has 2 saturated carbocycles. The first-order valence-corrected chi connectivity index (χ1v) is 9.38. The second kappa shape index (κ2) is 7.46. The van der Waals surface area contributed by atoms with E-state index in [0.29, 0.717) is 11.5 Å². The molecule has 0 aromatic heterocycles. The van der Waals surface area contributed by atoms with Crippen LogP contribution < -0.4 is 5.32 Å². The summed E-state index contributed by atoms with van der Waals surface area (Å²) in [4.78, 5) is 2.77. The molecule has 3 unspecified atom stereocenters. The number of likely N-dealkylation sites (N-methyl/N-ethyl adjacent to an activating group) is 2. The fourth-order valence-electron chi connectivity index (χ4n) is 4.64. The van der Waals surface area contributed by atoms with Gasteiger partial charge in [-0.2, -0.15) is 0 Å². The van der Waals surface area contributed by atoms with Gasteiger partial charge in [-0.3, -0.25) is 4.90 Å². The molecular weight excluding hydrogens is 256 g/mol. The summed E-state index contributed by atoms with van der Waals surface area (Å²) in [5.41, 5.74) is 0.461. The lowest BCUT2D eigenvalue weighted by Crippen LogP contribution is -2.56. The lowest BCUT2D eigenvalue weighted by molar-refractivity contribution is 0.0396. The Hall–Kier alpha value is -0.0800. The highest BCUT2D eigenvalue weighted by Crippen LogP contribution is 2.40. The molecule has 2 nitrogen and oxygen atoms in total. The van der Waals surface area contributed by atoms with Crippen molar-refractivity contribution >= 4 is 0 Å². The van der Waals surface area contributed by atoms with Crippen molar-refractivity contribution in [3.63, 3.8) is 0 Å². The van der Waals surface area contributed by atoms with Crippen LogP contribution in [0.1, 0.15) is 79.1 Å². The second-order valence-electron chi connectivity index (χ2n) is 8.56. The molecule has 124 valence electrons. The molecule has 0 radical (unpaired) electrons. The predicted molar refractivity (Wildman–Crippen MR) is 92.7 cm³/mol. The van der Waals surface area contributed by atoms with Crippen molar-refractivity contribution < 1.29 is 0 Å². The second-order valence-corrected chi connectivity index (χ2v) is 8.56. The van der Waals surface area contributed by atoms with Gasteiger partial charge in [0.25, 0.3) is 0 Å². The van der Waals surface area contributed by atoms with Crippen LogP contribution in [0.2, 0.25) is 0 Å². The monoisotopic (exact) mass is 294 g/mol. The minimum atomic E-state index is 0.461. The average Bonchev–Trinajstić information content (AvgIpc) is 2.47. The third-order valence-electron chi connectivity index (χ3n) is 6.18. The van der Waals surface area contributed by atoms with E-state index in [4.69, 9.17) is 0 Å². The normalized spacial score (nSPS) is 32.6. The number of nitrogens with zero attached hydrogens (tertiary/aromatic N) is 1. The van der Waals surface area contributed by atoms with Gasteiger partial charge >= 0.3 is 0 Å². The molecule has 0 heterocycles. The zero-order valence-corrected chi connectivity index (χ0v) is 15.1. The van der Waals surface area contributed by atoms with E-state index in [1.807, 2.05) is 0 Å². The first-order chi connectivity index (χ1) is 9.93. The summed E-state index contributed by atoms with van der Waals surface area (Å²) >= 11 is 0. The minimum absolute atomic E-state index is 0.461. The summed E-state index contributed by atoms with van der Waals surface area (Å²) in [6, 6.07) is 2.29. The standard InChI is InChI=1S/C19H38N2/c1-6-20-17-13-12-15(19(2,3)4)14-18(17)21(5)16-10-8-7-9-11-16/h15-18,20H,6-14H2,1-5H3. The van der Waals surface area contributed by atoms with Crippen molar-refractivity contribution in [1.82, 2.24) is 10.2 Å². The van der Waals surface area contributed by atoms with E-state index >= 15 is 0 Å². The Kier molecular flexibility index (Phi) is 6.14. The van der Waals surface area contributed by atoms with Crippen molar-refractivity contribution in [3.8, 4) is 0 Å². The molecule has 2 fully saturated rings. The van der Waals surface area contributed by atoms with Gasteiger partial charge in [-0.05, 0) is 57.0 Å². The molecule has 2 aliphatic rings. The van der Waals surface area contributed by atoms with Crippen molar-refractivity contribution in [2.45, 2.75) is 97.2 Å². The molecule has 0 aromatic rings. The van der Waals surface area contributed by atoms with E-state index in [-0.39, 0.29) is 0 Å². The molecule has 0 aromatic carbocycles. The lowest BCUT2D eigenvalue weighted by atomic mass is 9.69. The van der Waals surface area contributed by atoms with E-state index in [0.717, 1.165) is 24.5 Å². The van der Waals surface area contributed by atoms with Crippen LogP contribution in [0, 0.1) is 11.3 Å². The Morgan fingerprint density at radius 2 is 1.67 bits per heavy atom. The van der Waals surface area contributed by atoms with E-state index in [1.165, 1.54) is 51.4 Å². The predicted octanol–water partition coefficient (Wildman–Crippen LogP) is 4.44. The van der Waals surface area contributed by atoms with Crippen LogP contribution in [-0.4, -0.2) is 36.6 Å². The third-order valence-corrected chi connectivity index (χ3v) is 6.18. The highest BCUT2D eigenvalue weighted by Gasteiger charge is 2.39. The Morgan fingerprint density at radius 3 is 2.24 bits per heavy atom. The summed E-state index contributed by atoms with van der Waals surface area (Å²) in [6.07, 6.45) is 11.3. The van der Waals surface area contributed by atoms with Crippen molar-refractivity contribution in [1.29, 1.82) is 0 Å². The van der Waals surface area contributed by atoms with Gasteiger partial charge in [0.1, 0.15) is 0 Å². The van der Waals surface area contributed by atoms with Crippen LogP contribution in [0.4, 0.5) is 0 Å². The largest absolute Gasteiger partial charge is 0.313 e. The van der Waals surface area contributed by atoms with Gasteiger partial charge in [-0.15, -0.1) is 0 Å². The van der Waals surface area contributed by atoms with Gasteiger partial charge in [0.05, 0.1) is 0 Å². The van der Waals surface area contributed by atoms with Crippen LogP contribution >= 0.6 is 0 Å².